The summed E-state index contributed by atoms with van der Waals surface area (Å²) >= 11 is 0. The van der Waals surface area contributed by atoms with Crippen LogP contribution < -0.4 is 0 Å². The predicted molar refractivity (Wildman–Crippen MR) is 252 cm³/mol. The summed E-state index contributed by atoms with van der Waals surface area (Å²) in [5.74, 6) is -1.28. The van der Waals surface area contributed by atoms with E-state index in [1.54, 1.807) is 24.4 Å². The van der Waals surface area contributed by atoms with E-state index in [1.807, 2.05) is 117 Å². The van der Waals surface area contributed by atoms with Crippen molar-refractivity contribution in [3.8, 4) is 67.5 Å². The molecule has 6 aromatic carbocycles. The molecule has 0 amide bonds. The van der Waals surface area contributed by atoms with Crippen molar-refractivity contribution in [2.75, 3.05) is 0 Å². The first-order valence-corrected chi connectivity index (χ1v) is 20.1. The minimum Gasteiger partial charge on any atom is -0.507 e. The molecular weight excluding hydrogens is 926 g/mol. The summed E-state index contributed by atoms with van der Waals surface area (Å²) in [7, 11) is 0. The minimum absolute atomic E-state index is 0. The number of hydrogen-bond donors (Lipinski definition) is 1. The number of aromatic hydroxyl groups is 1. The number of phenolic OH excluding ortho intramolecular Hbond substituents is 1. The van der Waals surface area contributed by atoms with Gasteiger partial charge < -0.3 is 5.11 Å². The van der Waals surface area contributed by atoms with Gasteiger partial charge in [0.1, 0.15) is 11.6 Å². The van der Waals surface area contributed by atoms with E-state index in [4.69, 9.17) is 25.0 Å². The van der Waals surface area contributed by atoms with E-state index in [-0.39, 0.29) is 37.8 Å². The van der Waals surface area contributed by atoms with Crippen molar-refractivity contribution in [2.24, 2.45) is 0 Å². The zero-order valence-corrected chi connectivity index (χ0v) is 37.7. The Balaban J connectivity index is 0.00000760. The van der Waals surface area contributed by atoms with Gasteiger partial charge in [0.05, 0.1) is 16.6 Å². The van der Waals surface area contributed by atoms with E-state index in [1.165, 1.54) is 24.3 Å². The maximum absolute atomic E-state index is 11.3. The average molecular weight is 993 g/mol. The van der Waals surface area contributed by atoms with Gasteiger partial charge in [0.2, 0.25) is 0 Å². The summed E-state index contributed by atoms with van der Waals surface area (Å²) < 4.78 is 93.6. The molecule has 0 aliphatic heterocycles. The van der Waals surface area contributed by atoms with E-state index in [0.717, 1.165) is 50.1 Å². The Hall–Kier alpha value is -5.57. The predicted octanol–water partition coefficient (Wildman–Crippen LogP) is 15.1. The van der Waals surface area contributed by atoms with Crippen LogP contribution in [0.15, 0.2) is 140 Å². The molecule has 312 valence electrons. The smallest absolute Gasteiger partial charge is 0.148 e. The number of hydrogen-bond acceptors (Lipinski definition) is 3. The summed E-state index contributed by atoms with van der Waals surface area (Å²) in [6.07, 6.45) is 1.64. The molecule has 0 unspecified atom stereocenters. The Morgan fingerprint density at radius 1 is 0.639 bits per heavy atom. The Bertz CT molecular complexity index is 3210. The molecule has 2 aromatic heterocycles. The van der Waals surface area contributed by atoms with Crippen molar-refractivity contribution >= 4 is 11.0 Å². The molecule has 0 aliphatic carbocycles. The van der Waals surface area contributed by atoms with Crippen LogP contribution in [0.5, 0.6) is 5.75 Å². The first-order valence-electron chi connectivity index (χ1n) is 25.6. The number of benzene rings is 6. The minimum atomic E-state index is -3.38. The van der Waals surface area contributed by atoms with Crippen LogP contribution in [0, 0.1) is 6.07 Å². The molecule has 61 heavy (non-hydrogen) atoms. The molecule has 1 N–H and O–H groups in total. The van der Waals surface area contributed by atoms with E-state index < -0.39 is 37.8 Å². The number of imidazole rings is 1. The second kappa shape index (κ2) is 17.1. The number of rotatable bonds is 8. The largest absolute Gasteiger partial charge is 0.507 e. The Morgan fingerprint density at radius 2 is 1.26 bits per heavy atom. The number of phenols is 1. The van der Waals surface area contributed by atoms with Crippen molar-refractivity contribution in [1.82, 2.24) is 14.5 Å². The second-order valence-electron chi connectivity index (χ2n) is 16.9. The monoisotopic (exact) mass is 992 g/mol. The molecule has 0 atom stereocenters. The van der Waals surface area contributed by atoms with Crippen molar-refractivity contribution in [2.45, 2.75) is 91.6 Å². The average Bonchev–Trinajstić information content (AvgIpc) is 3.66. The molecule has 8 rings (SSSR count). The number of pyridine rings is 1. The molecule has 0 saturated heterocycles. The summed E-state index contributed by atoms with van der Waals surface area (Å²) in [5, 5.41) is 11.3. The topological polar surface area (TPSA) is 50.9 Å². The van der Waals surface area contributed by atoms with Gasteiger partial charge in [-0.1, -0.05) is 165 Å². The van der Waals surface area contributed by atoms with Gasteiger partial charge in [0.25, 0.3) is 0 Å². The van der Waals surface area contributed by atoms with E-state index in [2.05, 4.69) is 32.9 Å². The van der Waals surface area contributed by atoms with Crippen molar-refractivity contribution in [3.63, 3.8) is 0 Å². The fourth-order valence-electron chi connectivity index (χ4n) is 7.85. The zero-order valence-electron chi connectivity index (χ0n) is 46.4. The summed E-state index contributed by atoms with van der Waals surface area (Å²) in [6, 6.07) is 43.9. The van der Waals surface area contributed by atoms with Crippen LogP contribution in [-0.4, -0.2) is 19.6 Å². The van der Waals surface area contributed by atoms with Crippen LogP contribution >= 0.6 is 0 Å². The molecular formula is C56H56N3OPt-. The standard InChI is InChI=1S/C56H56N3O.Pt/c1-35(2)45-16-13-17-46(36(3)4)52(45)38-23-27-44(28-24-38)59-50-19-14-18-47(53(50)58-54(59)48-15-11-12-20-51(48)60)40-31-41(33-43(32-40)56(8,9)10)49-34-39(29-30-57-49)37-21-25-42(26-22-37)55(5,6)7;/h11-30,32-36,60H,1-10H3;/q-1;/i5D3,6D3,7D3,35D,36D;. The zero-order chi connectivity index (χ0) is 51.9. The third kappa shape index (κ3) is 8.66. The van der Waals surface area contributed by atoms with Gasteiger partial charge in [0, 0.05) is 53.7 Å². The first kappa shape index (κ1) is 31.3. The summed E-state index contributed by atoms with van der Waals surface area (Å²) in [6.45, 7) is 3.65. The van der Waals surface area contributed by atoms with Gasteiger partial charge in [-0.25, -0.2) is 4.98 Å². The molecule has 0 bridgehead atoms. The molecule has 0 fully saturated rings. The van der Waals surface area contributed by atoms with Crippen molar-refractivity contribution in [3.05, 3.63) is 168 Å². The quantitative estimate of drug-likeness (QED) is 0.154. The molecule has 0 radical (unpaired) electrons. The van der Waals surface area contributed by atoms with Crippen LogP contribution in [0.2, 0.25) is 0 Å². The summed E-state index contributed by atoms with van der Waals surface area (Å²) in [4.78, 5) is 10.1. The Kier molecular flexibility index (Phi) is 8.75. The fraction of sp³-hybridized carbons (Fsp3) is 0.250. The fourth-order valence-corrected chi connectivity index (χ4v) is 7.85. The van der Waals surface area contributed by atoms with Crippen LogP contribution in [-0.2, 0) is 31.9 Å². The molecule has 5 heteroatoms. The SMILES string of the molecule is [2H]C(C)(C)c1cccc(C([2H])(C)C)c1-c1ccc(-n2c(-c3ccccc3O)nc3c(-c4[c-]c(-c5cc(-c6ccc(C(C([2H])([2H])[2H])(C([2H])([2H])[2H])C([2H])([2H])[2H])cc6)ccn5)cc(C(C)(C)C)c4)cccc32)cc1.[Pt]. The molecule has 0 aliphatic rings. The van der Waals surface area contributed by atoms with Gasteiger partial charge in [-0.05, 0) is 98.0 Å². The van der Waals surface area contributed by atoms with Crippen molar-refractivity contribution < 1.29 is 41.3 Å². The Labute approximate surface area is 392 Å². The van der Waals surface area contributed by atoms with Gasteiger partial charge in [-0.3, -0.25) is 9.55 Å². The molecule has 2 heterocycles. The third-order valence-corrected chi connectivity index (χ3v) is 11.1. The maximum atomic E-state index is 11.3. The first-order chi connectivity index (χ1) is 32.9. The number of fused-ring (bicyclic) bond motifs is 1. The number of nitrogens with zero attached hydrogens (tertiary/aromatic N) is 3. The molecule has 4 nitrogen and oxygen atoms in total. The van der Waals surface area contributed by atoms with Gasteiger partial charge >= 0.3 is 0 Å². The van der Waals surface area contributed by atoms with Crippen LogP contribution in [0.25, 0.3) is 72.7 Å². The van der Waals surface area contributed by atoms with E-state index in [9.17, 15) is 5.11 Å². The van der Waals surface area contributed by atoms with Gasteiger partial charge in [-0.15, -0.1) is 29.3 Å². The van der Waals surface area contributed by atoms with Crippen LogP contribution in [0.4, 0.5) is 0 Å². The second-order valence-corrected chi connectivity index (χ2v) is 16.9. The molecule has 0 spiro atoms. The van der Waals surface area contributed by atoms with E-state index >= 15 is 0 Å². The van der Waals surface area contributed by atoms with Gasteiger partial charge in [0.15, 0.2) is 0 Å². The maximum Gasteiger partial charge on any atom is 0.148 e. The number of para-hydroxylation sites is 2. The van der Waals surface area contributed by atoms with Gasteiger partial charge in [-0.2, -0.15) is 0 Å². The Morgan fingerprint density at radius 3 is 1.90 bits per heavy atom. The molecule has 8 aromatic rings. The normalized spacial score (nSPS) is 15.6. The van der Waals surface area contributed by atoms with Crippen LogP contribution in [0.3, 0.4) is 0 Å². The van der Waals surface area contributed by atoms with E-state index in [0.29, 0.717) is 39.3 Å². The van der Waals surface area contributed by atoms with Crippen molar-refractivity contribution in [1.29, 1.82) is 0 Å². The van der Waals surface area contributed by atoms with Crippen LogP contribution in [0.1, 0.15) is 118 Å². The molecule has 0 saturated carbocycles. The number of aromatic nitrogens is 3. The third-order valence-electron chi connectivity index (χ3n) is 11.1. The summed E-state index contributed by atoms with van der Waals surface area (Å²) in [5.41, 5.74) is 7.38.